The Bertz CT molecular complexity index is 194. The normalized spacial score (nSPS) is 22.7. The van der Waals surface area contributed by atoms with Crippen LogP contribution < -0.4 is 0 Å². The Kier molecular flexibility index (Phi) is 3.35. The molecule has 1 unspecified atom stereocenters. The van der Waals surface area contributed by atoms with Gasteiger partial charge in [0.05, 0.1) is 7.11 Å². The minimum Gasteiger partial charge on any atom is -0.501 e. The summed E-state index contributed by atoms with van der Waals surface area (Å²) in [4.78, 5) is 2.19. The molecular formula is C10H17NO. The average molecular weight is 167 g/mol. The second-order valence-electron chi connectivity index (χ2n) is 3.40. The Balaban J connectivity index is 2.54. The fraction of sp³-hybridized carbons (Fsp3) is 0.600. The van der Waals surface area contributed by atoms with E-state index < -0.39 is 0 Å². The van der Waals surface area contributed by atoms with Crippen molar-refractivity contribution >= 4 is 0 Å². The van der Waals surface area contributed by atoms with Crippen molar-refractivity contribution in [3.05, 3.63) is 24.0 Å². The van der Waals surface area contributed by atoms with Crippen LogP contribution in [-0.4, -0.2) is 32.6 Å². The van der Waals surface area contributed by atoms with Gasteiger partial charge in [0.1, 0.15) is 5.76 Å². The van der Waals surface area contributed by atoms with E-state index in [2.05, 4.69) is 37.2 Å². The molecule has 1 rings (SSSR count). The van der Waals surface area contributed by atoms with Gasteiger partial charge in [0.2, 0.25) is 0 Å². The van der Waals surface area contributed by atoms with Crippen LogP contribution >= 0.6 is 0 Å². The third-order valence-corrected chi connectivity index (χ3v) is 2.04. The van der Waals surface area contributed by atoms with Crippen LogP contribution in [0.25, 0.3) is 0 Å². The molecule has 2 heteroatoms. The molecule has 0 heterocycles. The highest BCUT2D eigenvalue weighted by Crippen LogP contribution is 2.21. The first-order valence-corrected chi connectivity index (χ1v) is 4.29. The zero-order chi connectivity index (χ0) is 8.97. The van der Waals surface area contributed by atoms with Gasteiger partial charge in [-0.3, -0.25) is 0 Å². The van der Waals surface area contributed by atoms with Crippen molar-refractivity contribution in [1.29, 1.82) is 0 Å². The summed E-state index contributed by atoms with van der Waals surface area (Å²) in [6.07, 6.45) is 7.40. The molecule has 68 valence electrons. The van der Waals surface area contributed by atoms with Crippen LogP contribution in [0.15, 0.2) is 24.0 Å². The van der Waals surface area contributed by atoms with E-state index in [0.29, 0.717) is 5.92 Å². The average Bonchev–Trinajstić information content (AvgIpc) is 2.04. The molecule has 0 aliphatic heterocycles. The molecule has 0 N–H and O–H groups in total. The molecule has 0 amide bonds. The highest BCUT2D eigenvalue weighted by molar-refractivity contribution is 5.16. The van der Waals surface area contributed by atoms with Crippen LogP contribution in [0.3, 0.4) is 0 Å². The fourth-order valence-electron chi connectivity index (χ4n) is 1.50. The van der Waals surface area contributed by atoms with Crippen LogP contribution in [0.4, 0.5) is 0 Å². The van der Waals surface area contributed by atoms with E-state index in [1.165, 1.54) is 0 Å². The maximum absolute atomic E-state index is 5.29. The zero-order valence-electron chi connectivity index (χ0n) is 8.08. The number of methoxy groups -OCH3 is 1. The lowest BCUT2D eigenvalue weighted by molar-refractivity contribution is 0.213. The number of ether oxygens (including phenoxy) is 1. The molecule has 0 radical (unpaired) electrons. The van der Waals surface area contributed by atoms with Crippen LogP contribution in [0.1, 0.15) is 6.42 Å². The molecule has 1 aliphatic carbocycles. The maximum Gasteiger partial charge on any atom is 0.100 e. The van der Waals surface area contributed by atoms with Crippen LogP contribution in [0, 0.1) is 5.92 Å². The van der Waals surface area contributed by atoms with Gasteiger partial charge in [0, 0.05) is 12.5 Å². The summed E-state index contributed by atoms with van der Waals surface area (Å²) in [6.45, 7) is 1.06. The zero-order valence-corrected chi connectivity index (χ0v) is 8.08. The first-order valence-electron chi connectivity index (χ1n) is 4.29. The molecule has 0 saturated heterocycles. The molecule has 0 spiro atoms. The first-order chi connectivity index (χ1) is 5.74. The number of rotatable bonds is 3. The van der Waals surface area contributed by atoms with Crippen molar-refractivity contribution in [1.82, 2.24) is 4.90 Å². The van der Waals surface area contributed by atoms with Gasteiger partial charge in [-0.1, -0.05) is 12.2 Å². The molecule has 0 saturated carbocycles. The molecule has 1 atom stereocenters. The van der Waals surface area contributed by atoms with Crippen molar-refractivity contribution < 1.29 is 4.74 Å². The lowest BCUT2D eigenvalue weighted by Gasteiger charge is -2.23. The van der Waals surface area contributed by atoms with Crippen molar-refractivity contribution in [2.45, 2.75) is 6.42 Å². The van der Waals surface area contributed by atoms with Crippen molar-refractivity contribution in [3.8, 4) is 0 Å². The van der Waals surface area contributed by atoms with Crippen LogP contribution in [-0.2, 0) is 4.74 Å². The van der Waals surface area contributed by atoms with Gasteiger partial charge in [-0.05, 0) is 26.6 Å². The summed E-state index contributed by atoms with van der Waals surface area (Å²) in [6, 6.07) is 0. The number of hydrogen-bond donors (Lipinski definition) is 0. The van der Waals surface area contributed by atoms with E-state index in [9.17, 15) is 0 Å². The minimum atomic E-state index is 0.537. The summed E-state index contributed by atoms with van der Waals surface area (Å²) in [5, 5.41) is 0. The molecule has 1 aliphatic rings. The van der Waals surface area contributed by atoms with Crippen LogP contribution in [0.2, 0.25) is 0 Å². The summed E-state index contributed by atoms with van der Waals surface area (Å²) < 4.78 is 5.29. The van der Waals surface area contributed by atoms with E-state index in [-0.39, 0.29) is 0 Å². The maximum atomic E-state index is 5.29. The molecule has 0 aromatic carbocycles. The lowest BCUT2D eigenvalue weighted by Crippen LogP contribution is -2.24. The van der Waals surface area contributed by atoms with Crippen LogP contribution in [0.5, 0.6) is 0 Å². The Morgan fingerprint density at radius 2 is 2.33 bits per heavy atom. The summed E-state index contributed by atoms with van der Waals surface area (Å²) in [5.74, 6) is 1.64. The summed E-state index contributed by atoms with van der Waals surface area (Å²) in [7, 11) is 5.92. The van der Waals surface area contributed by atoms with E-state index in [1.807, 2.05) is 0 Å². The van der Waals surface area contributed by atoms with Gasteiger partial charge < -0.3 is 9.64 Å². The topological polar surface area (TPSA) is 12.5 Å². The Morgan fingerprint density at radius 1 is 1.58 bits per heavy atom. The molecule has 0 aromatic heterocycles. The predicted molar refractivity (Wildman–Crippen MR) is 50.9 cm³/mol. The quantitative estimate of drug-likeness (QED) is 0.633. The fourth-order valence-corrected chi connectivity index (χ4v) is 1.50. The highest BCUT2D eigenvalue weighted by Gasteiger charge is 2.16. The predicted octanol–water partition coefficient (Wildman–Crippen LogP) is 1.65. The first kappa shape index (κ1) is 9.33. The number of allylic oxidation sites excluding steroid dienone is 3. The van der Waals surface area contributed by atoms with E-state index >= 15 is 0 Å². The highest BCUT2D eigenvalue weighted by atomic mass is 16.5. The van der Waals surface area contributed by atoms with Gasteiger partial charge in [0.25, 0.3) is 0 Å². The van der Waals surface area contributed by atoms with Crippen molar-refractivity contribution in [2.24, 2.45) is 5.92 Å². The molecule has 0 fully saturated rings. The van der Waals surface area contributed by atoms with E-state index in [0.717, 1.165) is 18.7 Å². The molecule has 2 nitrogen and oxygen atoms in total. The summed E-state index contributed by atoms with van der Waals surface area (Å²) >= 11 is 0. The minimum absolute atomic E-state index is 0.537. The second-order valence-corrected chi connectivity index (χ2v) is 3.40. The van der Waals surface area contributed by atoms with E-state index in [4.69, 9.17) is 4.74 Å². The second kappa shape index (κ2) is 4.31. The molecule has 0 aromatic rings. The lowest BCUT2D eigenvalue weighted by atomic mass is 9.98. The SMILES string of the molecule is COC1=CC=CCC1CN(C)C. The largest absolute Gasteiger partial charge is 0.501 e. The van der Waals surface area contributed by atoms with E-state index in [1.54, 1.807) is 7.11 Å². The molecule has 0 bridgehead atoms. The molecular weight excluding hydrogens is 150 g/mol. The third kappa shape index (κ3) is 2.38. The van der Waals surface area contributed by atoms with Gasteiger partial charge in [-0.15, -0.1) is 0 Å². The standard InChI is InChI=1S/C10H17NO/c1-11(2)8-9-6-4-5-7-10(9)12-3/h4-5,7,9H,6,8H2,1-3H3. The Labute approximate surface area is 74.5 Å². The van der Waals surface area contributed by atoms with Gasteiger partial charge in [-0.2, -0.15) is 0 Å². The Morgan fingerprint density at radius 3 is 2.92 bits per heavy atom. The van der Waals surface area contributed by atoms with Gasteiger partial charge >= 0.3 is 0 Å². The van der Waals surface area contributed by atoms with Gasteiger partial charge in [0.15, 0.2) is 0 Å². The Hall–Kier alpha value is -0.760. The smallest absolute Gasteiger partial charge is 0.100 e. The van der Waals surface area contributed by atoms with Crippen molar-refractivity contribution in [3.63, 3.8) is 0 Å². The van der Waals surface area contributed by atoms with Gasteiger partial charge in [-0.25, -0.2) is 0 Å². The molecule has 12 heavy (non-hydrogen) atoms. The van der Waals surface area contributed by atoms with Crippen molar-refractivity contribution in [2.75, 3.05) is 27.7 Å². The third-order valence-electron chi connectivity index (χ3n) is 2.04. The number of hydrogen-bond acceptors (Lipinski definition) is 2. The summed E-state index contributed by atoms with van der Waals surface area (Å²) in [5.41, 5.74) is 0. The number of nitrogens with zero attached hydrogens (tertiary/aromatic N) is 1. The monoisotopic (exact) mass is 167 g/mol.